The van der Waals surface area contributed by atoms with E-state index in [9.17, 15) is 4.39 Å². The summed E-state index contributed by atoms with van der Waals surface area (Å²) in [4.78, 5) is 0. The molecule has 0 saturated heterocycles. The zero-order chi connectivity index (χ0) is 10.5. The second-order valence-electron chi connectivity index (χ2n) is 2.33. The predicted octanol–water partition coefficient (Wildman–Crippen LogP) is 3.99. The van der Waals surface area contributed by atoms with Crippen molar-refractivity contribution in [2.24, 2.45) is 0 Å². The summed E-state index contributed by atoms with van der Waals surface area (Å²) >= 11 is 0. The Morgan fingerprint density at radius 2 is 1.85 bits per heavy atom. The second kappa shape index (κ2) is 13.5. The Kier molecular flexibility index (Phi) is 15.1. The molecule has 13 heavy (non-hydrogen) atoms. The normalized spacial score (nSPS) is 11.6. The summed E-state index contributed by atoms with van der Waals surface area (Å²) in [5, 5.41) is 0. The lowest BCUT2D eigenvalue weighted by Gasteiger charge is -1.85. The van der Waals surface area contributed by atoms with Crippen LogP contribution < -0.4 is 0 Å². The molecule has 0 N–H and O–H groups in total. The molecular weight excluding hydrogens is 167 g/mol. The van der Waals surface area contributed by atoms with Gasteiger partial charge in [-0.3, -0.25) is 0 Å². The monoisotopic (exact) mass is 186 g/mol. The number of hydrogen-bond donors (Lipinski definition) is 0. The van der Waals surface area contributed by atoms with E-state index < -0.39 is 0 Å². The highest BCUT2D eigenvalue weighted by molar-refractivity contribution is 5.14. The van der Waals surface area contributed by atoms with E-state index in [-0.39, 0.29) is 5.83 Å². The molecule has 0 bridgehead atoms. The lowest BCUT2D eigenvalue weighted by molar-refractivity contribution is 0.325. The van der Waals surface area contributed by atoms with Gasteiger partial charge in [-0.2, -0.15) is 0 Å². The molecular formula is C11H19FO. The summed E-state index contributed by atoms with van der Waals surface area (Å²) in [5.74, 6) is -0.388. The van der Waals surface area contributed by atoms with E-state index in [2.05, 4.69) is 18.6 Å². The fraction of sp³-hybridized carbons (Fsp3) is 0.455. The average Bonchev–Trinajstić information content (AvgIpc) is 2.07. The van der Waals surface area contributed by atoms with Crippen molar-refractivity contribution < 1.29 is 9.13 Å². The predicted molar refractivity (Wildman–Crippen MR) is 56.1 cm³/mol. The molecule has 0 aromatic heterocycles. The van der Waals surface area contributed by atoms with Crippen LogP contribution in [0.3, 0.4) is 0 Å². The Balaban J connectivity index is 0. The van der Waals surface area contributed by atoms with Gasteiger partial charge in [0.15, 0.2) is 5.83 Å². The first-order valence-electron chi connectivity index (χ1n) is 4.40. The van der Waals surface area contributed by atoms with Crippen molar-refractivity contribution in [1.82, 2.24) is 0 Å². The molecule has 0 radical (unpaired) electrons. The number of halogens is 1. The molecule has 0 amide bonds. The third-order valence-corrected chi connectivity index (χ3v) is 0.789. The van der Waals surface area contributed by atoms with Gasteiger partial charge in [0.25, 0.3) is 0 Å². The molecule has 0 saturated carbocycles. The molecule has 0 aliphatic rings. The average molecular weight is 186 g/mol. The first-order chi connectivity index (χ1) is 6.22. The first kappa shape index (κ1) is 14.5. The van der Waals surface area contributed by atoms with Crippen molar-refractivity contribution in [3.8, 4) is 0 Å². The third kappa shape index (κ3) is 18.2. The van der Waals surface area contributed by atoms with E-state index >= 15 is 0 Å². The molecule has 0 heterocycles. The molecule has 0 rings (SSSR count). The zero-order valence-corrected chi connectivity index (χ0v) is 8.88. The van der Waals surface area contributed by atoms with E-state index in [1.54, 1.807) is 12.2 Å². The summed E-state index contributed by atoms with van der Waals surface area (Å²) < 4.78 is 16.8. The van der Waals surface area contributed by atoms with Gasteiger partial charge in [0.1, 0.15) is 6.26 Å². The van der Waals surface area contributed by atoms with E-state index in [4.69, 9.17) is 0 Å². The van der Waals surface area contributed by atoms with E-state index in [0.717, 1.165) is 6.26 Å². The van der Waals surface area contributed by atoms with Gasteiger partial charge in [-0.1, -0.05) is 38.5 Å². The number of ether oxygens (including phenoxy) is 1. The van der Waals surface area contributed by atoms with Gasteiger partial charge in [0.2, 0.25) is 0 Å². The molecule has 0 aliphatic heterocycles. The minimum Gasteiger partial charge on any atom is -0.501 e. The summed E-state index contributed by atoms with van der Waals surface area (Å²) in [6, 6.07) is 0. The maximum absolute atomic E-state index is 12.3. The standard InChI is InChI=1S/C8H11FO.C3H8/c1-3-4-5-6-8(9)7-10-2;1-3-2/h3-7H,1-2H3;3H2,1-2H3/b4-3-,6-5-,8-7-;. The van der Waals surface area contributed by atoms with Crippen molar-refractivity contribution in [2.75, 3.05) is 7.11 Å². The van der Waals surface area contributed by atoms with Crippen molar-refractivity contribution >= 4 is 0 Å². The van der Waals surface area contributed by atoms with Gasteiger partial charge in [0, 0.05) is 0 Å². The first-order valence-corrected chi connectivity index (χ1v) is 4.40. The highest BCUT2D eigenvalue weighted by atomic mass is 19.1. The Morgan fingerprint density at radius 1 is 1.31 bits per heavy atom. The largest absolute Gasteiger partial charge is 0.501 e. The van der Waals surface area contributed by atoms with Crippen molar-refractivity contribution in [3.63, 3.8) is 0 Å². The van der Waals surface area contributed by atoms with E-state index in [1.807, 2.05) is 13.0 Å². The van der Waals surface area contributed by atoms with Crippen LogP contribution >= 0.6 is 0 Å². The minimum atomic E-state index is -0.388. The molecule has 0 fully saturated rings. The van der Waals surface area contributed by atoms with Crippen LogP contribution in [-0.2, 0) is 4.74 Å². The summed E-state index contributed by atoms with van der Waals surface area (Å²) in [5.41, 5.74) is 0. The smallest absolute Gasteiger partial charge is 0.157 e. The summed E-state index contributed by atoms with van der Waals surface area (Å²) in [6.07, 6.45) is 8.77. The fourth-order valence-electron chi connectivity index (χ4n) is 0.410. The molecule has 2 heteroatoms. The molecule has 0 spiro atoms. The number of methoxy groups -OCH3 is 1. The molecule has 0 aromatic carbocycles. The van der Waals surface area contributed by atoms with Crippen LogP contribution in [0.2, 0.25) is 0 Å². The van der Waals surface area contributed by atoms with Gasteiger partial charge < -0.3 is 4.74 Å². The fourth-order valence-corrected chi connectivity index (χ4v) is 0.410. The third-order valence-electron chi connectivity index (χ3n) is 0.789. The molecule has 1 nitrogen and oxygen atoms in total. The van der Waals surface area contributed by atoms with Crippen LogP contribution in [-0.4, -0.2) is 7.11 Å². The van der Waals surface area contributed by atoms with Gasteiger partial charge >= 0.3 is 0 Å². The molecule has 0 atom stereocenters. The minimum absolute atomic E-state index is 0.388. The lowest BCUT2D eigenvalue weighted by Crippen LogP contribution is -1.68. The van der Waals surface area contributed by atoms with E-state index in [1.165, 1.54) is 19.6 Å². The van der Waals surface area contributed by atoms with Gasteiger partial charge in [-0.15, -0.1) is 0 Å². The summed E-state index contributed by atoms with van der Waals surface area (Å²) in [6.45, 7) is 6.11. The molecule has 0 aliphatic carbocycles. The van der Waals surface area contributed by atoms with Crippen molar-refractivity contribution in [2.45, 2.75) is 27.2 Å². The maximum atomic E-state index is 12.3. The zero-order valence-electron chi connectivity index (χ0n) is 8.88. The highest BCUT2D eigenvalue weighted by Gasteiger charge is 1.81. The van der Waals surface area contributed by atoms with Crippen LogP contribution in [0.15, 0.2) is 36.4 Å². The number of hydrogen-bond acceptors (Lipinski definition) is 1. The van der Waals surface area contributed by atoms with Crippen molar-refractivity contribution in [3.05, 3.63) is 36.4 Å². The van der Waals surface area contributed by atoms with Crippen molar-refractivity contribution in [1.29, 1.82) is 0 Å². The Bertz CT molecular complexity index is 169. The van der Waals surface area contributed by atoms with Gasteiger partial charge in [-0.05, 0) is 13.0 Å². The van der Waals surface area contributed by atoms with Crippen LogP contribution in [0.1, 0.15) is 27.2 Å². The SMILES string of the molecule is CCC.C\C=C/C=C\C(F)=C\OC. The Labute approximate surface area is 80.6 Å². The highest BCUT2D eigenvalue weighted by Crippen LogP contribution is 1.97. The quantitative estimate of drug-likeness (QED) is 0.478. The van der Waals surface area contributed by atoms with Crippen LogP contribution in [0.5, 0.6) is 0 Å². The molecule has 76 valence electrons. The van der Waals surface area contributed by atoms with Crippen LogP contribution in [0.25, 0.3) is 0 Å². The second-order valence-corrected chi connectivity index (χ2v) is 2.33. The lowest BCUT2D eigenvalue weighted by atomic mass is 10.4. The van der Waals surface area contributed by atoms with Gasteiger partial charge in [0.05, 0.1) is 7.11 Å². The summed E-state index contributed by atoms with van der Waals surface area (Å²) in [7, 11) is 1.41. The van der Waals surface area contributed by atoms with Crippen LogP contribution in [0, 0.1) is 0 Å². The maximum Gasteiger partial charge on any atom is 0.157 e. The van der Waals surface area contributed by atoms with E-state index in [0.29, 0.717) is 0 Å². The molecule has 0 unspecified atom stereocenters. The van der Waals surface area contributed by atoms with Crippen LogP contribution in [0.4, 0.5) is 4.39 Å². The van der Waals surface area contributed by atoms with Gasteiger partial charge in [-0.25, -0.2) is 4.39 Å². The number of allylic oxidation sites excluding steroid dienone is 5. The Hall–Kier alpha value is -1.05. The number of rotatable bonds is 3. The Morgan fingerprint density at radius 3 is 2.23 bits per heavy atom. The topological polar surface area (TPSA) is 9.23 Å². The molecule has 0 aromatic rings.